The molecule has 1 saturated heterocycles. The van der Waals surface area contributed by atoms with Gasteiger partial charge in [-0.2, -0.15) is 0 Å². The first-order valence-corrected chi connectivity index (χ1v) is 5.89. The Balaban J connectivity index is 2.12. The highest BCUT2D eigenvalue weighted by Crippen LogP contribution is 2.58. The van der Waals surface area contributed by atoms with E-state index in [9.17, 15) is 4.79 Å². The van der Waals surface area contributed by atoms with Crippen molar-refractivity contribution in [1.82, 2.24) is 4.90 Å². The summed E-state index contributed by atoms with van der Waals surface area (Å²) in [4.78, 5) is 14.0. The highest BCUT2D eigenvalue weighted by atomic mass is 16.6. The summed E-state index contributed by atoms with van der Waals surface area (Å²) in [6.07, 6.45) is 6.00. The molecule has 2 atom stereocenters. The van der Waals surface area contributed by atoms with Crippen LogP contribution in [-0.4, -0.2) is 27.7 Å². The molecule has 0 unspecified atom stereocenters. The molecule has 1 aliphatic heterocycles. The summed E-state index contributed by atoms with van der Waals surface area (Å²) in [5.41, 5.74) is -0.489. The second-order valence-corrected chi connectivity index (χ2v) is 6.24. The average molecular weight is 223 g/mol. The molecule has 1 amide bonds. The Labute approximate surface area is 97.5 Å². The topological polar surface area (TPSA) is 29.3 Å². The van der Waals surface area contributed by atoms with E-state index in [0.717, 1.165) is 12.8 Å². The normalized spacial score (nSPS) is 36.9. The molecule has 1 heterocycles. The van der Waals surface area contributed by atoms with Crippen LogP contribution in [0.2, 0.25) is 0 Å². The molecule has 0 aromatic carbocycles. The fourth-order valence-corrected chi connectivity index (χ4v) is 2.69. The molecule has 2 aliphatic rings. The lowest BCUT2D eigenvalue weighted by Crippen LogP contribution is -2.30. The molecule has 90 valence electrons. The van der Waals surface area contributed by atoms with Gasteiger partial charge in [0.25, 0.3) is 0 Å². The van der Waals surface area contributed by atoms with Crippen LogP contribution in [0.25, 0.3) is 0 Å². The standard InChI is InChI=1S/C13H21NO2/c1-11(2,3)16-10(15)14-12(4)8-6-7-9-13(12,14)5/h6-7H,8-9H2,1-5H3/t12-,13-/m0/s1. The van der Waals surface area contributed by atoms with Gasteiger partial charge in [0.1, 0.15) is 5.60 Å². The van der Waals surface area contributed by atoms with E-state index in [1.54, 1.807) is 0 Å². The van der Waals surface area contributed by atoms with Crippen molar-refractivity contribution in [3.05, 3.63) is 12.2 Å². The predicted molar refractivity (Wildman–Crippen MR) is 63.3 cm³/mol. The van der Waals surface area contributed by atoms with Crippen molar-refractivity contribution in [1.29, 1.82) is 0 Å². The summed E-state index contributed by atoms with van der Waals surface area (Å²) in [6.45, 7) is 9.99. The number of carbonyl (C=O) groups is 1. The van der Waals surface area contributed by atoms with Gasteiger partial charge in [-0.15, -0.1) is 0 Å². The lowest BCUT2D eigenvalue weighted by Gasteiger charge is -2.21. The molecule has 0 N–H and O–H groups in total. The third-order valence-electron chi connectivity index (χ3n) is 3.87. The second kappa shape index (κ2) is 3.02. The van der Waals surface area contributed by atoms with E-state index in [1.165, 1.54) is 0 Å². The van der Waals surface area contributed by atoms with Crippen molar-refractivity contribution in [3.8, 4) is 0 Å². The molecule has 3 heteroatoms. The minimum atomic E-state index is -0.414. The summed E-state index contributed by atoms with van der Waals surface area (Å²) < 4.78 is 5.44. The molecule has 2 rings (SSSR count). The zero-order valence-corrected chi connectivity index (χ0v) is 10.8. The van der Waals surface area contributed by atoms with Gasteiger partial charge in [0.2, 0.25) is 0 Å². The van der Waals surface area contributed by atoms with Crippen LogP contribution in [0, 0.1) is 0 Å². The Kier molecular flexibility index (Phi) is 2.17. The molecular formula is C13H21NO2. The first kappa shape index (κ1) is 11.5. The number of hydrogen-bond acceptors (Lipinski definition) is 2. The van der Waals surface area contributed by atoms with Crippen LogP contribution in [-0.2, 0) is 4.74 Å². The first-order chi connectivity index (χ1) is 7.21. The first-order valence-electron chi connectivity index (χ1n) is 5.89. The van der Waals surface area contributed by atoms with Crippen LogP contribution in [0.5, 0.6) is 0 Å². The number of fused-ring (bicyclic) bond motifs is 1. The average Bonchev–Trinajstić information content (AvgIpc) is 2.59. The lowest BCUT2D eigenvalue weighted by molar-refractivity contribution is 0.0359. The van der Waals surface area contributed by atoms with Crippen molar-refractivity contribution >= 4 is 6.09 Å². The van der Waals surface area contributed by atoms with Gasteiger partial charge in [-0.3, -0.25) is 4.90 Å². The van der Waals surface area contributed by atoms with Crippen molar-refractivity contribution in [2.24, 2.45) is 0 Å². The van der Waals surface area contributed by atoms with Crippen molar-refractivity contribution in [2.45, 2.75) is 64.1 Å². The minimum absolute atomic E-state index is 0.0376. The maximum atomic E-state index is 12.1. The van der Waals surface area contributed by atoms with Crippen molar-refractivity contribution in [3.63, 3.8) is 0 Å². The molecule has 0 saturated carbocycles. The fraction of sp³-hybridized carbons (Fsp3) is 0.769. The van der Waals surface area contributed by atoms with Crippen LogP contribution in [0.1, 0.15) is 47.5 Å². The van der Waals surface area contributed by atoms with Gasteiger partial charge >= 0.3 is 6.09 Å². The van der Waals surface area contributed by atoms with E-state index in [-0.39, 0.29) is 17.2 Å². The highest BCUT2D eigenvalue weighted by Gasteiger charge is 2.71. The van der Waals surface area contributed by atoms with Gasteiger partial charge < -0.3 is 4.74 Å². The number of amides is 1. The molecule has 0 aromatic heterocycles. The van der Waals surface area contributed by atoms with Crippen LogP contribution < -0.4 is 0 Å². The zero-order valence-electron chi connectivity index (χ0n) is 10.8. The molecule has 3 nitrogen and oxygen atoms in total. The monoisotopic (exact) mass is 223 g/mol. The van der Waals surface area contributed by atoms with E-state index in [0.29, 0.717) is 0 Å². The maximum absolute atomic E-state index is 12.1. The minimum Gasteiger partial charge on any atom is -0.444 e. The van der Waals surface area contributed by atoms with Crippen LogP contribution in [0.3, 0.4) is 0 Å². The SMILES string of the molecule is CC(C)(C)OC(=O)N1[C@@]2(C)CC=CC[C@]12C. The largest absolute Gasteiger partial charge is 0.444 e. The quantitative estimate of drug-likeness (QED) is 0.466. The van der Waals surface area contributed by atoms with Crippen LogP contribution >= 0.6 is 0 Å². The van der Waals surface area contributed by atoms with Gasteiger partial charge in [0.05, 0.1) is 11.1 Å². The van der Waals surface area contributed by atoms with Crippen molar-refractivity contribution < 1.29 is 9.53 Å². The number of nitrogens with zero attached hydrogens (tertiary/aromatic N) is 1. The molecular weight excluding hydrogens is 202 g/mol. The lowest BCUT2D eigenvalue weighted by atomic mass is 9.86. The van der Waals surface area contributed by atoms with Gasteiger partial charge in [0, 0.05) is 0 Å². The third-order valence-corrected chi connectivity index (χ3v) is 3.87. The molecule has 16 heavy (non-hydrogen) atoms. The summed E-state index contributed by atoms with van der Waals surface area (Å²) in [5, 5.41) is 0. The highest BCUT2D eigenvalue weighted by molar-refractivity contribution is 5.76. The number of ether oxygens (including phenoxy) is 1. The summed E-state index contributed by atoms with van der Waals surface area (Å²) in [7, 11) is 0. The number of carbonyl (C=O) groups excluding carboxylic acids is 1. The Morgan fingerprint density at radius 3 is 2.00 bits per heavy atom. The third kappa shape index (κ3) is 1.45. The van der Waals surface area contributed by atoms with E-state index < -0.39 is 5.60 Å². The molecule has 0 spiro atoms. The number of hydrogen-bond donors (Lipinski definition) is 0. The zero-order chi connectivity index (χ0) is 12.2. The molecule has 0 radical (unpaired) electrons. The Bertz CT molecular complexity index is 335. The fourth-order valence-electron chi connectivity index (χ4n) is 2.69. The summed E-state index contributed by atoms with van der Waals surface area (Å²) >= 11 is 0. The van der Waals surface area contributed by atoms with Crippen molar-refractivity contribution in [2.75, 3.05) is 0 Å². The molecule has 1 fully saturated rings. The van der Waals surface area contributed by atoms with Crippen LogP contribution in [0.4, 0.5) is 4.79 Å². The predicted octanol–water partition coefficient (Wildman–Crippen LogP) is 3.10. The van der Waals surface area contributed by atoms with E-state index in [1.807, 2.05) is 25.7 Å². The molecule has 1 aliphatic carbocycles. The van der Waals surface area contributed by atoms with Gasteiger partial charge in [0.15, 0.2) is 0 Å². The van der Waals surface area contributed by atoms with Gasteiger partial charge in [-0.1, -0.05) is 12.2 Å². The van der Waals surface area contributed by atoms with E-state index in [4.69, 9.17) is 4.74 Å². The Morgan fingerprint density at radius 2 is 1.62 bits per heavy atom. The van der Waals surface area contributed by atoms with Gasteiger partial charge in [-0.05, 0) is 47.5 Å². The summed E-state index contributed by atoms with van der Waals surface area (Å²) in [5.74, 6) is 0. The van der Waals surface area contributed by atoms with E-state index >= 15 is 0 Å². The Morgan fingerprint density at radius 1 is 1.19 bits per heavy atom. The maximum Gasteiger partial charge on any atom is 0.411 e. The van der Waals surface area contributed by atoms with Crippen LogP contribution in [0.15, 0.2) is 12.2 Å². The second-order valence-electron chi connectivity index (χ2n) is 6.24. The smallest absolute Gasteiger partial charge is 0.411 e. The van der Waals surface area contributed by atoms with E-state index in [2.05, 4.69) is 26.0 Å². The molecule has 0 aromatic rings. The van der Waals surface area contributed by atoms with Gasteiger partial charge in [-0.25, -0.2) is 4.79 Å². The summed E-state index contributed by atoms with van der Waals surface area (Å²) in [6, 6.07) is 0. The Hall–Kier alpha value is -0.990. The molecule has 0 bridgehead atoms. The number of rotatable bonds is 0.